The van der Waals surface area contributed by atoms with E-state index in [0.717, 1.165) is 22.9 Å². The van der Waals surface area contributed by atoms with Gasteiger partial charge in [0.2, 0.25) is 5.91 Å². The molecule has 1 aromatic carbocycles. The van der Waals surface area contributed by atoms with Gasteiger partial charge >= 0.3 is 0 Å². The molecule has 1 N–H and O–H groups in total. The van der Waals surface area contributed by atoms with Gasteiger partial charge < -0.3 is 14.8 Å². The molecule has 0 bridgehead atoms. The number of benzene rings is 1. The number of halogens is 1. The number of hydrogen-bond acceptors (Lipinski definition) is 3. The minimum absolute atomic E-state index is 0.0437. The number of carbonyl (C=O) groups excluding carboxylic acids is 1. The second-order valence-corrected chi connectivity index (χ2v) is 6.27. The average Bonchev–Trinajstić information content (AvgIpc) is 2.53. The molecule has 0 aromatic heterocycles. The number of amides is 1. The van der Waals surface area contributed by atoms with E-state index in [1.807, 2.05) is 12.1 Å². The standard InChI is InChI=1S/C17H22BrNO3/c1-21-15-11-12(10-14(18)17(15)22-2)8-9-16(20)19-13-6-4-3-5-7-13/h8-11,13H,3-7H2,1-2H3,(H,19,20)/b9-8+. The predicted molar refractivity (Wildman–Crippen MR) is 91.3 cm³/mol. The zero-order valence-corrected chi connectivity index (χ0v) is 14.6. The molecule has 0 saturated heterocycles. The number of hydrogen-bond donors (Lipinski definition) is 1. The Kier molecular flexibility index (Phi) is 6.31. The van der Waals surface area contributed by atoms with Gasteiger partial charge in [-0.3, -0.25) is 4.79 Å². The van der Waals surface area contributed by atoms with Crippen LogP contribution in [0.5, 0.6) is 11.5 Å². The van der Waals surface area contributed by atoms with E-state index in [1.54, 1.807) is 26.4 Å². The van der Waals surface area contributed by atoms with Gasteiger partial charge in [0.15, 0.2) is 11.5 Å². The van der Waals surface area contributed by atoms with Crippen molar-refractivity contribution in [3.05, 3.63) is 28.2 Å². The first kappa shape index (κ1) is 16.9. The van der Waals surface area contributed by atoms with Gasteiger partial charge in [0.05, 0.1) is 18.7 Å². The van der Waals surface area contributed by atoms with Gasteiger partial charge in [-0.15, -0.1) is 0 Å². The summed E-state index contributed by atoms with van der Waals surface area (Å²) in [5.41, 5.74) is 0.878. The number of carbonyl (C=O) groups is 1. The predicted octanol–water partition coefficient (Wildman–Crippen LogP) is 3.93. The van der Waals surface area contributed by atoms with Crippen LogP contribution in [0.2, 0.25) is 0 Å². The van der Waals surface area contributed by atoms with Crippen LogP contribution in [-0.4, -0.2) is 26.2 Å². The normalized spacial score (nSPS) is 15.8. The van der Waals surface area contributed by atoms with Crippen molar-refractivity contribution in [2.75, 3.05) is 14.2 Å². The van der Waals surface area contributed by atoms with Crippen LogP contribution in [0.3, 0.4) is 0 Å². The fourth-order valence-electron chi connectivity index (χ4n) is 2.70. The Balaban J connectivity index is 2.02. The van der Waals surface area contributed by atoms with Crippen LogP contribution in [0.25, 0.3) is 6.08 Å². The first-order valence-electron chi connectivity index (χ1n) is 7.54. The topological polar surface area (TPSA) is 47.6 Å². The SMILES string of the molecule is COc1cc(/C=C/C(=O)NC2CCCCC2)cc(Br)c1OC. The first-order chi connectivity index (χ1) is 10.6. The lowest BCUT2D eigenvalue weighted by atomic mass is 9.95. The van der Waals surface area contributed by atoms with Crippen LogP contribution in [0.15, 0.2) is 22.7 Å². The summed E-state index contributed by atoms with van der Waals surface area (Å²) in [7, 11) is 3.18. The molecule has 5 heteroatoms. The Morgan fingerprint density at radius 3 is 2.59 bits per heavy atom. The molecular formula is C17H22BrNO3. The van der Waals surface area contributed by atoms with Crippen LogP contribution in [0.1, 0.15) is 37.7 Å². The summed E-state index contributed by atoms with van der Waals surface area (Å²) in [5, 5.41) is 3.06. The summed E-state index contributed by atoms with van der Waals surface area (Å²) in [5.74, 6) is 1.23. The van der Waals surface area contributed by atoms with E-state index in [-0.39, 0.29) is 5.91 Å². The number of ether oxygens (including phenoxy) is 2. The maximum absolute atomic E-state index is 12.0. The minimum atomic E-state index is -0.0437. The molecular weight excluding hydrogens is 346 g/mol. The molecule has 2 rings (SSSR count). The molecule has 0 unspecified atom stereocenters. The highest BCUT2D eigenvalue weighted by molar-refractivity contribution is 9.10. The zero-order chi connectivity index (χ0) is 15.9. The van der Waals surface area contributed by atoms with Crippen molar-refractivity contribution in [1.82, 2.24) is 5.32 Å². The van der Waals surface area contributed by atoms with Crippen molar-refractivity contribution in [3.63, 3.8) is 0 Å². The molecule has 0 atom stereocenters. The second kappa shape index (κ2) is 8.22. The molecule has 0 heterocycles. The van der Waals surface area contributed by atoms with E-state index in [9.17, 15) is 4.79 Å². The number of methoxy groups -OCH3 is 2. The Morgan fingerprint density at radius 1 is 1.23 bits per heavy atom. The Bertz CT molecular complexity index is 551. The molecule has 120 valence electrons. The largest absolute Gasteiger partial charge is 0.493 e. The van der Waals surface area contributed by atoms with Crippen molar-refractivity contribution in [1.29, 1.82) is 0 Å². The summed E-state index contributed by atoms with van der Waals surface area (Å²) in [6, 6.07) is 4.06. The highest BCUT2D eigenvalue weighted by atomic mass is 79.9. The molecule has 1 aliphatic rings. The summed E-state index contributed by atoms with van der Waals surface area (Å²) in [6.07, 6.45) is 9.21. The molecule has 1 saturated carbocycles. The highest BCUT2D eigenvalue weighted by Gasteiger charge is 2.14. The van der Waals surface area contributed by atoms with E-state index in [2.05, 4.69) is 21.2 Å². The second-order valence-electron chi connectivity index (χ2n) is 5.42. The van der Waals surface area contributed by atoms with E-state index < -0.39 is 0 Å². The van der Waals surface area contributed by atoms with Crippen LogP contribution < -0.4 is 14.8 Å². The van der Waals surface area contributed by atoms with E-state index >= 15 is 0 Å². The lowest BCUT2D eigenvalue weighted by molar-refractivity contribution is -0.117. The molecule has 1 aliphatic carbocycles. The third-order valence-corrected chi connectivity index (χ3v) is 4.42. The number of rotatable bonds is 5. The van der Waals surface area contributed by atoms with Crippen molar-refractivity contribution < 1.29 is 14.3 Å². The van der Waals surface area contributed by atoms with Gasteiger partial charge in [0.25, 0.3) is 0 Å². The minimum Gasteiger partial charge on any atom is -0.493 e. The van der Waals surface area contributed by atoms with Gasteiger partial charge in [0, 0.05) is 12.1 Å². The molecule has 1 amide bonds. The Hall–Kier alpha value is -1.49. The highest BCUT2D eigenvalue weighted by Crippen LogP contribution is 2.36. The maximum Gasteiger partial charge on any atom is 0.244 e. The van der Waals surface area contributed by atoms with E-state index in [0.29, 0.717) is 17.5 Å². The van der Waals surface area contributed by atoms with E-state index in [4.69, 9.17) is 9.47 Å². The molecule has 22 heavy (non-hydrogen) atoms. The molecule has 0 spiro atoms. The van der Waals surface area contributed by atoms with Gasteiger partial charge in [0.1, 0.15) is 0 Å². The quantitative estimate of drug-likeness (QED) is 0.802. The van der Waals surface area contributed by atoms with Gasteiger partial charge in [-0.25, -0.2) is 0 Å². The lowest BCUT2D eigenvalue weighted by Gasteiger charge is -2.21. The van der Waals surface area contributed by atoms with Crippen molar-refractivity contribution >= 4 is 27.9 Å². The Labute approximate surface area is 140 Å². The smallest absolute Gasteiger partial charge is 0.244 e. The third kappa shape index (κ3) is 4.50. The van der Waals surface area contributed by atoms with Gasteiger partial charge in [-0.2, -0.15) is 0 Å². The van der Waals surface area contributed by atoms with Crippen LogP contribution in [-0.2, 0) is 4.79 Å². The average molecular weight is 368 g/mol. The lowest BCUT2D eigenvalue weighted by Crippen LogP contribution is -2.34. The summed E-state index contributed by atoms with van der Waals surface area (Å²) < 4.78 is 11.4. The Morgan fingerprint density at radius 2 is 1.95 bits per heavy atom. The fraction of sp³-hybridized carbons (Fsp3) is 0.471. The monoisotopic (exact) mass is 367 g/mol. The molecule has 0 radical (unpaired) electrons. The summed E-state index contributed by atoms with van der Waals surface area (Å²) in [4.78, 5) is 12.0. The molecule has 0 aliphatic heterocycles. The number of nitrogens with one attached hydrogen (secondary N) is 1. The molecule has 1 fully saturated rings. The fourth-order valence-corrected chi connectivity index (χ4v) is 3.32. The summed E-state index contributed by atoms with van der Waals surface area (Å²) >= 11 is 3.45. The first-order valence-corrected chi connectivity index (χ1v) is 8.33. The van der Waals surface area contributed by atoms with Crippen molar-refractivity contribution in [2.45, 2.75) is 38.1 Å². The molecule has 1 aromatic rings. The van der Waals surface area contributed by atoms with E-state index in [1.165, 1.54) is 19.3 Å². The van der Waals surface area contributed by atoms with Crippen LogP contribution >= 0.6 is 15.9 Å². The molecule has 4 nitrogen and oxygen atoms in total. The van der Waals surface area contributed by atoms with Crippen LogP contribution in [0, 0.1) is 0 Å². The summed E-state index contributed by atoms with van der Waals surface area (Å²) in [6.45, 7) is 0. The van der Waals surface area contributed by atoms with Crippen LogP contribution in [0.4, 0.5) is 0 Å². The third-order valence-electron chi connectivity index (χ3n) is 3.83. The van der Waals surface area contributed by atoms with Gasteiger partial charge in [-0.1, -0.05) is 19.3 Å². The van der Waals surface area contributed by atoms with Crippen molar-refractivity contribution in [3.8, 4) is 11.5 Å². The van der Waals surface area contributed by atoms with Gasteiger partial charge in [-0.05, 0) is 52.5 Å². The zero-order valence-electron chi connectivity index (χ0n) is 13.0. The van der Waals surface area contributed by atoms with Crippen molar-refractivity contribution in [2.24, 2.45) is 0 Å². The maximum atomic E-state index is 12.0.